The Kier molecular flexibility index (Phi) is 2.69. The summed E-state index contributed by atoms with van der Waals surface area (Å²) in [5, 5.41) is 0. The molecule has 0 radical (unpaired) electrons. The minimum absolute atomic E-state index is 0.493. The van der Waals surface area contributed by atoms with E-state index < -0.39 is 6.16 Å². The number of carbonyl (C=O) groups excluding carboxylic acids is 1. The van der Waals surface area contributed by atoms with Crippen LogP contribution in [0.25, 0.3) is 0 Å². The fraction of sp³-hybridized carbons (Fsp3) is 0.222. The van der Waals surface area contributed by atoms with Gasteiger partial charge in [-0.15, -0.1) is 0 Å². The number of hydrogen-bond donors (Lipinski definition) is 0. The number of carbonyl (C=O) groups is 1. The first kappa shape index (κ1) is 8.59. The lowest BCUT2D eigenvalue weighted by molar-refractivity contribution is 0.121. The first-order chi connectivity index (χ1) is 5.72. The Morgan fingerprint density at radius 2 is 1.83 bits per heavy atom. The zero-order valence-corrected chi connectivity index (χ0v) is 7.03. The average molecular weight is 166 g/mol. The highest BCUT2D eigenvalue weighted by Crippen LogP contribution is 2.11. The van der Waals surface area contributed by atoms with Gasteiger partial charge in [0.1, 0.15) is 5.75 Å². The Morgan fingerprint density at radius 3 is 2.33 bits per heavy atom. The minimum atomic E-state index is -0.696. The molecule has 0 bridgehead atoms. The van der Waals surface area contributed by atoms with Gasteiger partial charge in [0.25, 0.3) is 0 Å². The van der Waals surface area contributed by atoms with Gasteiger partial charge in [0.05, 0.1) is 7.11 Å². The lowest BCUT2D eigenvalue weighted by Gasteiger charge is -2.01. The second-order valence-electron chi connectivity index (χ2n) is 2.37. The molecule has 0 N–H and O–H groups in total. The third-order valence-corrected chi connectivity index (χ3v) is 1.39. The summed E-state index contributed by atoms with van der Waals surface area (Å²) in [6.07, 6.45) is -0.696. The van der Waals surface area contributed by atoms with Crippen LogP contribution in [0, 0.1) is 6.92 Å². The molecule has 0 atom stereocenters. The van der Waals surface area contributed by atoms with Gasteiger partial charge in [0.15, 0.2) is 0 Å². The van der Waals surface area contributed by atoms with Crippen molar-refractivity contribution in [2.45, 2.75) is 6.92 Å². The third-order valence-electron chi connectivity index (χ3n) is 1.39. The maximum Gasteiger partial charge on any atom is 0.513 e. The van der Waals surface area contributed by atoms with Gasteiger partial charge in [0, 0.05) is 0 Å². The lowest BCUT2D eigenvalue weighted by Crippen LogP contribution is -2.06. The zero-order chi connectivity index (χ0) is 8.97. The van der Waals surface area contributed by atoms with E-state index in [-0.39, 0.29) is 0 Å². The van der Waals surface area contributed by atoms with Gasteiger partial charge in [-0.25, -0.2) is 4.79 Å². The predicted molar refractivity (Wildman–Crippen MR) is 44.2 cm³/mol. The molecule has 0 saturated heterocycles. The topological polar surface area (TPSA) is 35.5 Å². The smallest absolute Gasteiger partial charge is 0.437 e. The maximum absolute atomic E-state index is 10.6. The van der Waals surface area contributed by atoms with Gasteiger partial charge in [-0.05, 0) is 19.1 Å². The van der Waals surface area contributed by atoms with Crippen molar-refractivity contribution in [2.75, 3.05) is 7.11 Å². The van der Waals surface area contributed by atoms with Crippen LogP contribution >= 0.6 is 0 Å². The molecular weight excluding hydrogens is 156 g/mol. The summed E-state index contributed by atoms with van der Waals surface area (Å²) in [4.78, 5) is 10.6. The number of ether oxygens (including phenoxy) is 2. The van der Waals surface area contributed by atoms with Crippen LogP contribution in [0.3, 0.4) is 0 Å². The SMILES string of the molecule is COC(=O)Oc1ccc(C)cc1. The number of rotatable bonds is 1. The molecule has 0 saturated carbocycles. The quantitative estimate of drug-likeness (QED) is 0.473. The summed E-state index contributed by atoms with van der Waals surface area (Å²) in [5.74, 6) is 0.493. The molecule has 3 heteroatoms. The van der Waals surface area contributed by atoms with E-state index in [0.717, 1.165) is 5.56 Å². The first-order valence-corrected chi connectivity index (χ1v) is 3.55. The van der Waals surface area contributed by atoms with Crippen LogP contribution in [-0.4, -0.2) is 13.3 Å². The summed E-state index contributed by atoms with van der Waals surface area (Å²) in [7, 11) is 1.27. The number of aryl methyl sites for hydroxylation is 1. The van der Waals surface area contributed by atoms with Crippen molar-refractivity contribution in [1.82, 2.24) is 0 Å². The van der Waals surface area contributed by atoms with Crippen LogP contribution in [0.5, 0.6) is 5.75 Å². The molecule has 12 heavy (non-hydrogen) atoms. The second-order valence-corrected chi connectivity index (χ2v) is 2.37. The summed E-state index contributed by atoms with van der Waals surface area (Å²) >= 11 is 0. The Labute approximate surface area is 70.9 Å². The van der Waals surface area contributed by atoms with Crippen LogP contribution in [0.4, 0.5) is 4.79 Å². The predicted octanol–water partition coefficient (Wildman–Crippen LogP) is 2.14. The van der Waals surface area contributed by atoms with Crippen LogP contribution < -0.4 is 4.74 Å². The lowest BCUT2D eigenvalue weighted by atomic mass is 10.2. The Balaban J connectivity index is 2.64. The van der Waals surface area contributed by atoms with Crippen molar-refractivity contribution in [3.05, 3.63) is 29.8 Å². The summed E-state index contributed by atoms with van der Waals surface area (Å²) in [6, 6.07) is 7.15. The molecule has 64 valence electrons. The molecule has 0 aromatic heterocycles. The largest absolute Gasteiger partial charge is 0.513 e. The molecule has 0 aliphatic carbocycles. The second kappa shape index (κ2) is 3.76. The van der Waals surface area contributed by atoms with Gasteiger partial charge < -0.3 is 9.47 Å². The fourth-order valence-electron chi connectivity index (χ4n) is 0.744. The number of benzene rings is 1. The van der Waals surface area contributed by atoms with Crippen molar-refractivity contribution in [3.8, 4) is 5.75 Å². The Morgan fingerprint density at radius 1 is 1.25 bits per heavy atom. The first-order valence-electron chi connectivity index (χ1n) is 3.55. The highest BCUT2D eigenvalue weighted by molar-refractivity contribution is 5.63. The standard InChI is InChI=1S/C9H10O3/c1-7-3-5-8(6-4-7)12-9(10)11-2/h3-6H,1-2H3. The maximum atomic E-state index is 10.6. The van der Waals surface area contributed by atoms with Crippen molar-refractivity contribution in [3.63, 3.8) is 0 Å². The average Bonchev–Trinajstić information content (AvgIpc) is 2.09. The van der Waals surface area contributed by atoms with E-state index in [4.69, 9.17) is 4.74 Å². The highest BCUT2D eigenvalue weighted by atomic mass is 16.7. The summed E-state index contributed by atoms with van der Waals surface area (Å²) < 4.78 is 9.08. The van der Waals surface area contributed by atoms with Crippen LogP contribution in [0.1, 0.15) is 5.56 Å². The van der Waals surface area contributed by atoms with E-state index in [1.807, 2.05) is 19.1 Å². The Bertz CT molecular complexity index is 264. The van der Waals surface area contributed by atoms with E-state index in [1.165, 1.54) is 7.11 Å². The summed E-state index contributed by atoms with van der Waals surface area (Å²) in [5.41, 5.74) is 1.12. The van der Waals surface area contributed by atoms with Crippen molar-refractivity contribution in [2.24, 2.45) is 0 Å². The third kappa shape index (κ3) is 2.27. The van der Waals surface area contributed by atoms with E-state index in [1.54, 1.807) is 12.1 Å². The van der Waals surface area contributed by atoms with E-state index in [2.05, 4.69) is 4.74 Å². The van der Waals surface area contributed by atoms with E-state index >= 15 is 0 Å². The van der Waals surface area contributed by atoms with Crippen LogP contribution in [-0.2, 0) is 4.74 Å². The molecule has 1 rings (SSSR count). The van der Waals surface area contributed by atoms with Crippen molar-refractivity contribution < 1.29 is 14.3 Å². The van der Waals surface area contributed by atoms with Gasteiger partial charge in [0.2, 0.25) is 0 Å². The molecule has 1 aromatic rings. The summed E-state index contributed by atoms with van der Waals surface area (Å²) in [6.45, 7) is 1.96. The highest BCUT2D eigenvalue weighted by Gasteiger charge is 2.01. The van der Waals surface area contributed by atoms with Gasteiger partial charge in [-0.2, -0.15) is 0 Å². The molecule has 0 aliphatic heterocycles. The van der Waals surface area contributed by atoms with Gasteiger partial charge in [-0.3, -0.25) is 0 Å². The van der Waals surface area contributed by atoms with Gasteiger partial charge in [-0.1, -0.05) is 17.7 Å². The fourth-order valence-corrected chi connectivity index (χ4v) is 0.744. The molecule has 0 spiro atoms. The van der Waals surface area contributed by atoms with Gasteiger partial charge >= 0.3 is 6.16 Å². The Hall–Kier alpha value is -1.51. The molecule has 3 nitrogen and oxygen atoms in total. The monoisotopic (exact) mass is 166 g/mol. The molecular formula is C9H10O3. The molecule has 1 aromatic carbocycles. The number of hydrogen-bond acceptors (Lipinski definition) is 3. The normalized spacial score (nSPS) is 9.17. The molecule has 0 fully saturated rings. The van der Waals surface area contributed by atoms with Crippen molar-refractivity contribution in [1.29, 1.82) is 0 Å². The van der Waals surface area contributed by atoms with E-state index in [9.17, 15) is 4.79 Å². The number of methoxy groups -OCH3 is 1. The van der Waals surface area contributed by atoms with Crippen LogP contribution in [0.2, 0.25) is 0 Å². The zero-order valence-electron chi connectivity index (χ0n) is 7.03. The molecule has 0 aliphatic rings. The van der Waals surface area contributed by atoms with E-state index in [0.29, 0.717) is 5.75 Å². The molecule has 0 amide bonds. The van der Waals surface area contributed by atoms with Crippen molar-refractivity contribution >= 4 is 6.16 Å². The van der Waals surface area contributed by atoms with Crippen LogP contribution in [0.15, 0.2) is 24.3 Å². The molecule has 0 unspecified atom stereocenters. The molecule has 0 heterocycles. The minimum Gasteiger partial charge on any atom is -0.437 e.